The van der Waals surface area contributed by atoms with E-state index in [1.165, 1.54) is 0 Å². The van der Waals surface area contributed by atoms with Crippen molar-refractivity contribution in [2.75, 3.05) is 19.8 Å². The Morgan fingerprint density at radius 2 is 2.18 bits per heavy atom. The van der Waals surface area contributed by atoms with E-state index in [9.17, 15) is 9.59 Å². The highest BCUT2D eigenvalue weighted by atomic mass is 16.5. The standard InChI is InChI=1S/C11H20N2O4/c1-3-13(7(2)4-10(14)15)11(16)8-5-17-6-9(8)12/h7-9H,3-6,12H2,1-2H3,(H,14,15). The molecule has 1 aliphatic heterocycles. The van der Waals surface area contributed by atoms with Gasteiger partial charge in [0.1, 0.15) is 0 Å². The van der Waals surface area contributed by atoms with Crippen LogP contribution in [-0.4, -0.2) is 53.7 Å². The third kappa shape index (κ3) is 3.41. The third-order valence-corrected chi connectivity index (χ3v) is 3.07. The summed E-state index contributed by atoms with van der Waals surface area (Å²) >= 11 is 0. The number of carbonyl (C=O) groups is 2. The molecule has 0 spiro atoms. The number of carboxylic acids is 1. The van der Waals surface area contributed by atoms with Crippen LogP contribution in [0.25, 0.3) is 0 Å². The molecule has 1 rings (SSSR count). The lowest BCUT2D eigenvalue weighted by atomic mass is 10.0. The maximum Gasteiger partial charge on any atom is 0.305 e. The van der Waals surface area contributed by atoms with E-state index in [0.29, 0.717) is 19.8 Å². The van der Waals surface area contributed by atoms with Gasteiger partial charge < -0.3 is 20.5 Å². The van der Waals surface area contributed by atoms with Gasteiger partial charge in [-0.05, 0) is 13.8 Å². The average molecular weight is 244 g/mol. The molecule has 6 heteroatoms. The molecule has 0 aliphatic carbocycles. The van der Waals surface area contributed by atoms with Crippen LogP contribution in [0.2, 0.25) is 0 Å². The Balaban J connectivity index is 2.66. The number of carboxylic acid groups (broad SMARTS) is 1. The lowest BCUT2D eigenvalue weighted by Crippen LogP contribution is -2.47. The van der Waals surface area contributed by atoms with Gasteiger partial charge >= 0.3 is 5.97 Å². The molecule has 0 aromatic heterocycles. The lowest BCUT2D eigenvalue weighted by molar-refractivity contribution is -0.142. The van der Waals surface area contributed by atoms with Gasteiger partial charge in [-0.1, -0.05) is 0 Å². The van der Waals surface area contributed by atoms with Crippen molar-refractivity contribution in [3.05, 3.63) is 0 Å². The van der Waals surface area contributed by atoms with E-state index in [1.54, 1.807) is 11.8 Å². The quantitative estimate of drug-likeness (QED) is 0.691. The smallest absolute Gasteiger partial charge is 0.305 e. The number of nitrogens with two attached hydrogens (primary N) is 1. The van der Waals surface area contributed by atoms with E-state index in [0.717, 1.165) is 0 Å². The fourth-order valence-electron chi connectivity index (χ4n) is 2.09. The van der Waals surface area contributed by atoms with E-state index in [-0.39, 0.29) is 30.3 Å². The van der Waals surface area contributed by atoms with E-state index in [4.69, 9.17) is 15.6 Å². The Kier molecular flexibility index (Phi) is 4.89. The highest BCUT2D eigenvalue weighted by Gasteiger charge is 2.35. The van der Waals surface area contributed by atoms with E-state index in [1.807, 2.05) is 6.92 Å². The molecule has 0 aromatic carbocycles. The molecule has 3 N–H and O–H groups in total. The topological polar surface area (TPSA) is 92.9 Å². The highest BCUT2D eigenvalue weighted by molar-refractivity contribution is 5.81. The summed E-state index contributed by atoms with van der Waals surface area (Å²) in [5.74, 6) is -1.35. The second kappa shape index (κ2) is 5.97. The van der Waals surface area contributed by atoms with Gasteiger partial charge in [0.25, 0.3) is 0 Å². The molecule has 0 radical (unpaired) electrons. The van der Waals surface area contributed by atoms with Gasteiger partial charge in [-0.15, -0.1) is 0 Å². The van der Waals surface area contributed by atoms with Gasteiger partial charge in [0, 0.05) is 18.6 Å². The van der Waals surface area contributed by atoms with Gasteiger partial charge in [-0.3, -0.25) is 9.59 Å². The monoisotopic (exact) mass is 244 g/mol. The number of rotatable bonds is 5. The van der Waals surface area contributed by atoms with Crippen LogP contribution in [0.4, 0.5) is 0 Å². The summed E-state index contributed by atoms with van der Waals surface area (Å²) in [5.41, 5.74) is 5.78. The maximum atomic E-state index is 12.2. The molecule has 1 saturated heterocycles. The first-order chi connectivity index (χ1) is 7.97. The molecule has 3 atom stereocenters. The molecule has 17 heavy (non-hydrogen) atoms. The summed E-state index contributed by atoms with van der Waals surface area (Å²) in [6.45, 7) is 4.77. The van der Waals surface area contributed by atoms with Gasteiger partial charge in [0.15, 0.2) is 0 Å². The number of ether oxygens (including phenoxy) is 1. The molecule has 1 amide bonds. The van der Waals surface area contributed by atoms with Crippen LogP contribution < -0.4 is 5.73 Å². The fraction of sp³-hybridized carbons (Fsp3) is 0.818. The Morgan fingerprint density at radius 1 is 1.53 bits per heavy atom. The number of amides is 1. The van der Waals surface area contributed by atoms with Gasteiger partial charge in [0.2, 0.25) is 5.91 Å². The Hall–Kier alpha value is -1.14. The summed E-state index contributed by atoms with van der Waals surface area (Å²) in [6.07, 6.45) is -0.0532. The van der Waals surface area contributed by atoms with Crippen LogP contribution in [0.3, 0.4) is 0 Å². The largest absolute Gasteiger partial charge is 0.481 e. The maximum absolute atomic E-state index is 12.2. The minimum Gasteiger partial charge on any atom is -0.481 e. The van der Waals surface area contributed by atoms with E-state index < -0.39 is 5.97 Å². The zero-order valence-electron chi connectivity index (χ0n) is 10.3. The summed E-state index contributed by atoms with van der Waals surface area (Å²) in [6, 6.07) is -0.605. The first-order valence-electron chi connectivity index (χ1n) is 5.83. The normalized spacial score (nSPS) is 25.6. The van der Waals surface area contributed by atoms with Crippen molar-refractivity contribution in [2.24, 2.45) is 11.7 Å². The van der Waals surface area contributed by atoms with Crippen molar-refractivity contribution in [2.45, 2.75) is 32.4 Å². The molecule has 98 valence electrons. The predicted molar refractivity (Wildman–Crippen MR) is 61.4 cm³/mol. The predicted octanol–water partition coefficient (Wildman–Crippen LogP) is -0.328. The average Bonchev–Trinajstić information content (AvgIpc) is 2.64. The molecular weight excluding hydrogens is 224 g/mol. The first-order valence-corrected chi connectivity index (χ1v) is 5.83. The minimum absolute atomic E-state index is 0.0532. The molecule has 3 unspecified atom stereocenters. The van der Waals surface area contributed by atoms with E-state index in [2.05, 4.69) is 0 Å². The zero-order valence-corrected chi connectivity index (χ0v) is 10.3. The molecule has 1 fully saturated rings. The van der Waals surface area contributed by atoms with Crippen LogP contribution in [-0.2, 0) is 14.3 Å². The second-order valence-corrected chi connectivity index (χ2v) is 4.38. The van der Waals surface area contributed by atoms with E-state index >= 15 is 0 Å². The van der Waals surface area contributed by atoms with Crippen molar-refractivity contribution < 1.29 is 19.4 Å². The number of hydrogen-bond donors (Lipinski definition) is 2. The van der Waals surface area contributed by atoms with Crippen LogP contribution in [0.5, 0.6) is 0 Å². The van der Waals surface area contributed by atoms with Gasteiger partial charge in [-0.25, -0.2) is 0 Å². The van der Waals surface area contributed by atoms with Gasteiger partial charge in [0.05, 0.1) is 25.6 Å². The van der Waals surface area contributed by atoms with Crippen LogP contribution in [0.1, 0.15) is 20.3 Å². The van der Waals surface area contributed by atoms with Crippen molar-refractivity contribution in [3.63, 3.8) is 0 Å². The fourth-order valence-corrected chi connectivity index (χ4v) is 2.09. The molecular formula is C11H20N2O4. The molecule has 1 heterocycles. The summed E-state index contributed by atoms with van der Waals surface area (Å²) < 4.78 is 5.16. The van der Waals surface area contributed by atoms with Crippen molar-refractivity contribution >= 4 is 11.9 Å². The number of carbonyl (C=O) groups excluding carboxylic acids is 1. The van der Waals surface area contributed by atoms with Crippen LogP contribution >= 0.6 is 0 Å². The molecule has 6 nitrogen and oxygen atoms in total. The number of nitrogens with zero attached hydrogens (tertiary/aromatic N) is 1. The molecule has 1 aliphatic rings. The van der Waals surface area contributed by atoms with Crippen molar-refractivity contribution in [3.8, 4) is 0 Å². The summed E-state index contributed by atoms with van der Waals surface area (Å²) in [5, 5.41) is 8.74. The first kappa shape index (κ1) is 13.9. The summed E-state index contributed by atoms with van der Waals surface area (Å²) in [7, 11) is 0. The van der Waals surface area contributed by atoms with Crippen molar-refractivity contribution in [1.29, 1.82) is 0 Å². The molecule has 0 bridgehead atoms. The molecule has 0 saturated carbocycles. The van der Waals surface area contributed by atoms with Gasteiger partial charge in [-0.2, -0.15) is 0 Å². The molecule has 0 aromatic rings. The number of hydrogen-bond acceptors (Lipinski definition) is 4. The highest BCUT2D eigenvalue weighted by Crippen LogP contribution is 2.17. The number of aliphatic carboxylic acids is 1. The SMILES string of the molecule is CCN(C(=O)C1COCC1N)C(C)CC(=O)O. The Labute approximate surface area is 101 Å². The summed E-state index contributed by atoms with van der Waals surface area (Å²) in [4.78, 5) is 24.4. The lowest BCUT2D eigenvalue weighted by Gasteiger charge is -2.30. The minimum atomic E-state index is -0.907. The third-order valence-electron chi connectivity index (χ3n) is 3.07. The Morgan fingerprint density at radius 3 is 2.59 bits per heavy atom. The van der Waals surface area contributed by atoms with Crippen molar-refractivity contribution in [1.82, 2.24) is 4.90 Å². The van der Waals surface area contributed by atoms with Crippen LogP contribution in [0.15, 0.2) is 0 Å². The second-order valence-electron chi connectivity index (χ2n) is 4.38. The van der Waals surface area contributed by atoms with Crippen LogP contribution in [0, 0.1) is 5.92 Å². The zero-order chi connectivity index (χ0) is 13.0. The Bertz CT molecular complexity index is 295.